The maximum atomic E-state index is 12.9. The second kappa shape index (κ2) is 8.22. The number of hydrogen-bond donors (Lipinski definition) is 1. The Bertz CT molecular complexity index is 1600. The number of rotatable bonds is 4. The first-order chi connectivity index (χ1) is 15.9. The lowest BCUT2D eigenvalue weighted by atomic mass is 10.1. The van der Waals surface area contributed by atoms with Crippen LogP contribution in [0.15, 0.2) is 80.7 Å². The van der Waals surface area contributed by atoms with Gasteiger partial charge in [0.2, 0.25) is 0 Å². The smallest absolute Gasteiger partial charge is 0.349 e. The van der Waals surface area contributed by atoms with Crippen molar-refractivity contribution < 1.29 is 13.9 Å². The highest BCUT2D eigenvalue weighted by Crippen LogP contribution is 2.30. The molecule has 2 aromatic carbocycles. The van der Waals surface area contributed by atoms with Crippen molar-refractivity contribution in [2.75, 3.05) is 12.4 Å². The van der Waals surface area contributed by atoms with Gasteiger partial charge in [0.25, 0.3) is 5.91 Å². The maximum Gasteiger partial charge on any atom is 0.349 e. The van der Waals surface area contributed by atoms with E-state index in [1.807, 2.05) is 54.0 Å². The van der Waals surface area contributed by atoms with E-state index in [0.29, 0.717) is 16.8 Å². The number of nitrogens with zero attached hydrogens (tertiary/aromatic N) is 2. The highest BCUT2D eigenvalue weighted by Gasteiger charge is 2.17. The number of aromatic nitrogens is 2. The number of pyridine rings is 1. The summed E-state index contributed by atoms with van der Waals surface area (Å²) in [5.74, 6) is -0.161. The Morgan fingerprint density at radius 2 is 2.00 bits per heavy atom. The number of hydrogen-bond acceptors (Lipinski definition) is 5. The largest absolute Gasteiger partial charge is 0.493 e. The molecule has 0 aliphatic rings. The first-order valence-electron chi connectivity index (χ1n) is 10.1. The van der Waals surface area contributed by atoms with Crippen LogP contribution in [0, 0.1) is 6.92 Å². The number of halogens is 1. The summed E-state index contributed by atoms with van der Waals surface area (Å²) in [5.41, 5.74) is 3.54. The van der Waals surface area contributed by atoms with E-state index in [-0.39, 0.29) is 11.1 Å². The van der Waals surface area contributed by atoms with Crippen molar-refractivity contribution in [1.29, 1.82) is 0 Å². The highest BCUT2D eigenvalue weighted by molar-refractivity contribution is 9.10. The first-order valence-corrected chi connectivity index (χ1v) is 10.9. The first kappa shape index (κ1) is 21.0. The molecule has 0 unspecified atom stereocenters. The fourth-order valence-corrected chi connectivity index (χ4v) is 4.18. The minimum absolute atomic E-state index is 0.101. The number of imidazole rings is 1. The van der Waals surface area contributed by atoms with Gasteiger partial charge in [-0.2, -0.15) is 0 Å². The number of carbonyl (C=O) groups excluding carboxylic acids is 1. The molecule has 5 aromatic rings. The average Bonchev–Trinajstić information content (AvgIpc) is 3.24. The Morgan fingerprint density at radius 1 is 1.15 bits per heavy atom. The molecule has 0 radical (unpaired) electrons. The fourth-order valence-electron chi connectivity index (χ4n) is 3.72. The number of carbonyl (C=O) groups is 1. The van der Waals surface area contributed by atoms with Gasteiger partial charge in [-0.3, -0.25) is 4.79 Å². The number of anilines is 1. The molecule has 0 aliphatic carbocycles. The lowest BCUT2D eigenvalue weighted by molar-refractivity contribution is 0.102. The zero-order chi connectivity index (χ0) is 23.1. The number of ether oxygens (including phenoxy) is 1. The van der Waals surface area contributed by atoms with Crippen LogP contribution in [0.5, 0.6) is 5.75 Å². The predicted octanol–water partition coefficient (Wildman–Crippen LogP) is 5.44. The van der Waals surface area contributed by atoms with Gasteiger partial charge in [0, 0.05) is 33.5 Å². The van der Waals surface area contributed by atoms with Crippen LogP contribution < -0.4 is 15.7 Å². The third-order valence-corrected chi connectivity index (χ3v) is 5.78. The summed E-state index contributed by atoms with van der Waals surface area (Å²) in [7, 11) is 1.49. The molecule has 0 atom stereocenters. The van der Waals surface area contributed by atoms with Gasteiger partial charge in [0.1, 0.15) is 11.2 Å². The van der Waals surface area contributed by atoms with Gasteiger partial charge >= 0.3 is 5.63 Å². The molecular formula is C25H18BrN3O4. The molecule has 3 heterocycles. The number of nitrogens with one attached hydrogen (secondary N) is 1. The summed E-state index contributed by atoms with van der Waals surface area (Å²) in [6.07, 6.45) is 3.88. The van der Waals surface area contributed by atoms with Gasteiger partial charge in [-0.05, 0) is 48.9 Å². The van der Waals surface area contributed by atoms with Crippen LogP contribution in [0.2, 0.25) is 0 Å². The van der Waals surface area contributed by atoms with Gasteiger partial charge < -0.3 is 18.9 Å². The zero-order valence-electron chi connectivity index (χ0n) is 17.8. The van der Waals surface area contributed by atoms with E-state index in [2.05, 4.69) is 21.2 Å². The lowest BCUT2D eigenvalue weighted by Gasteiger charge is -2.08. The van der Waals surface area contributed by atoms with Crippen molar-refractivity contribution in [3.05, 3.63) is 93.0 Å². The molecule has 1 N–H and O–H groups in total. The molecule has 8 heteroatoms. The van der Waals surface area contributed by atoms with Crippen LogP contribution in [0.4, 0.5) is 5.69 Å². The third kappa shape index (κ3) is 3.89. The van der Waals surface area contributed by atoms with E-state index >= 15 is 0 Å². The van der Waals surface area contributed by atoms with E-state index in [4.69, 9.17) is 14.1 Å². The molecule has 0 aliphatic heterocycles. The summed E-state index contributed by atoms with van der Waals surface area (Å²) in [6.45, 7) is 2.01. The summed E-state index contributed by atoms with van der Waals surface area (Å²) in [5, 5.41) is 3.36. The maximum absolute atomic E-state index is 12.9. The highest BCUT2D eigenvalue weighted by atomic mass is 79.9. The summed E-state index contributed by atoms with van der Waals surface area (Å²) in [4.78, 5) is 30.2. The van der Waals surface area contributed by atoms with E-state index < -0.39 is 11.5 Å². The van der Waals surface area contributed by atoms with E-state index in [1.165, 1.54) is 13.2 Å². The van der Waals surface area contributed by atoms with Crippen molar-refractivity contribution >= 4 is 44.1 Å². The van der Waals surface area contributed by atoms with Crippen LogP contribution in [0.25, 0.3) is 27.9 Å². The number of aryl methyl sites for hydroxylation is 1. The van der Waals surface area contributed by atoms with Gasteiger partial charge in [-0.1, -0.05) is 34.1 Å². The quantitative estimate of drug-likeness (QED) is 0.330. The van der Waals surface area contributed by atoms with Crippen molar-refractivity contribution in [3.8, 4) is 17.0 Å². The lowest BCUT2D eigenvalue weighted by Crippen LogP contribution is -2.20. The molecule has 0 fully saturated rings. The number of methoxy groups -OCH3 is 1. The van der Waals surface area contributed by atoms with Crippen LogP contribution >= 0.6 is 15.9 Å². The topological polar surface area (TPSA) is 85.8 Å². The molecule has 0 saturated carbocycles. The third-order valence-electron chi connectivity index (χ3n) is 5.32. The fraction of sp³-hybridized carbons (Fsp3) is 0.0800. The predicted molar refractivity (Wildman–Crippen MR) is 130 cm³/mol. The summed E-state index contributed by atoms with van der Waals surface area (Å²) < 4.78 is 13.4. The van der Waals surface area contributed by atoms with Crippen molar-refractivity contribution in [2.24, 2.45) is 0 Å². The van der Waals surface area contributed by atoms with Gasteiger partial charge in [0.05, 0.1) is 12.8 Å². The summed E-state index contributed by atoms with van der Waals surface area (Å²) >= 11 is 3.40. The van der Waals surface area contributed by atoms with Crippen molar-refractivity contribution in [3.63, 3.8) is 0 Å². The Kier molecular flexibility index (Phi) is 5.22. The van der Waals surface area contributed by atoms with E-state index in [0.717, 1.165) is 26.9 Å². The zero-order valence-corrected chi connectivity index (χ0v) is 19.3. The second-order valence-corrected chi connectivity index (χ2v) is 8.47. The molecule has 5 rings (SSSR count). The molecule has 0 saturated heterocycles. The Morgan fingerprint density at radius 3 is 2.79 bits per heavy atom. The number of amides is 1. The minimum Gasteiger partial charge on any atom is -0.493 e. The number of fused-ring (bicyclic) bond motifs is 2. The van der Waals surface area contributed by atoms with Crippen molar-refractivity contribution in [2.45, 2.75) is 6.92 Å². The molecule has 1 amide bonds. The number of benzene rings is 2. The standard InChI is InChI=1S/C25H18BrN3O4/c1-14-5-4-8-29-13-20(28-23(14)29)15-6-3-7-18(10-15)27-24(30)19-11-16-9-17(26)12-21(32-2)22(16)33-25(19)31/h3-13H,1-2H3,(H,27,30). The molecule has 0 spiro atoms. The van der Waals surface area contributed by atoms with Crippen LogP contribution in [-0.2, 0) is 0 Å². The van der Waals surface area contributed by atoms with Crippen LogP contribution in [-0.4, -0.2) is 22.4 Å². The van der Waals surface area contributed by atoms with Gasteiger partial charge in [-0.25, -0.2) is 9.78 Å². The summed E-state index contributed by atoms with van der Waals surface area (Å²) in [6, 6.07) is 16.2. The molecular weight excluding hydrogens is 486 g/mol. The van der Waals surface area contributed by atoms with E-state index in [9.17, 15) is 9.59 Å². The molecule has 0 bridgehead atoms. The Hall–Kier alpha value is -3.91. The SMILES string of the molecule is COc1cc(Br)cc2cc(C(=O)Nc3cccc(-c4cn5cccc(C)c5n4)c3)c(=O)oc12. The molecule has 33 heavy (non-hydrogen) atoms. The van der Waals surface area contributed by atoms with Crippen molar-refractivity contribution in [1.82, 2.24) is 9.38 Å². The Balaban J connectivity index is 1.48. The minimum atomic E-state index is -0.743. The van der Waals surface area contributed by atoms with E-state index in [1.54, 1.807) is 18.2 Å². The normalized spacial score (nSPS) is 11.1. The monoisotopic (exact) mass is 503 g/mol. The van der Waals surface area contributed by atoms with Gasteiger partial charge in [-0.15, -0.1) is 0 Å². The molecule has 3 aromatic heterocycles. The molecule has 164 valence electrons. The Labute approximate surface area is 196 Å². The average molecular weight is 504 g/mol. The van der Waals surface area contributed by atoms with Crippen LogP contribution in [0.3, 0.4) is 0 Å². The second-order valence-electron chi connectivity index (χ2n) is 7.56. The van der Waals surface area contributed by atoms with Crippen LogP contribution in [0.1, 0.15) is 15.9 Å². The van der Waals surface area contributed by atoms with Gasteiger partial charge in [0.15, 0.2) is 11.3 Å². The molecule has 7 nitrogen and oxygen atoms in total.